The summed E-state index contributed by atoms with van der Waals surface area (Å²) in [7, 11) is 1.42. The molecule has 3 nitrogen and oxygen atoms in total. The van der Waals surface area contributed by atoms with Crippen LogP contribution in [0.1, 0.15) is 38.5 Å². The second kappa shape index (κ2) is 6.04. The molecule has 0 radical (unpaired) electrons. The van der Waals surface area contributed by atoms with Gasteiger partial charge in [-0.1, -0.05) is 25.7 Å². The Labute approximate surface area is 113 Å². The molecular formula is C15H20FNO2. The molecule has 104 valence electrons. The average Bonchev–Trinajstić information content (AvgIpc) is 2.67. The first kappa shape index (κ1) is 13.8. The Hall–Kier alpha value is -1.58. The Bertz CT molecular complexity index is 422. The van der Waals surface area contributed by atoms with Gasteiger partial charge in [-0.2, -0.15) is 0 Å². The third-order valence-corrected chi connectivity index (χ3v) is 3.76. The maximum absolute atomic E-state index is 12.9. The predicted molar refractivity (Wildman–Crippen MR) is 72.5 cm³/mol. The second-order valence-electron chi connectivity index (χ2n) is 5.12. The summed E-state index contributed by atoms with van der Waals surface area (Å²) >= 11 is 0. The Morgan fingerprint density at radius 3 is 2.26 bits per heavy atom. The number of methoxy groups -OCH3 is 1. The molecule has 1 N–H and O–H groups in total. The molecule has 0 heterocycles. The molecule has 0 unspecified atom stereocenters. The zero-order valence-electron chi connectivity index (χ0n) is 11.2. The van der Waals surface area contributed by atoms with Crippen LogP contribution >= 0.6 is 0 Å². The highest BCUT2D eigenvalue weighted by Crippen LogP contribution is 2.31. The van der Waals surface area contributed by atoms with Crippen LogP contribution in [-0.2, 0) is 9.53 Å². The van der Waals surface area contributed by atoms with E-state index in [-0.39, 0.29) is 11.8 Å². The number of hydrogen-bond acceptors (Lipinski definition) is 3. The summed E-state index contributed by atoms with van der Waals surface area (Å²) in [6.07, 6.45) is 5.81. The van der Waals surface area contributed by atoms with Gasteiger partial charge in [-0.15, -0.1) is 0 Å². The first-order valence-electron chi connectivity index (χ1n) is 6.78. The molecule has 1 aromatic carbocycles. The lowest BCUT2D eigenvalue weighted by molar-refractivity contribution is -0.146. The van der Waals surface area contributed by atoms with Crippen molar-refractivity contribution in [1.29, 1.82) is 0 Å². The zero-order valence-corrected chi connectivity index (χ0v) is 11.2. The number of halogens is 1. The van der Waals surface area contributed by atoms with Crippen molar-refractivity contribution < 1.29 is 13.9 Å². The lowest BCUT2D eigenvalue weighted by Crippen LogP contribution is -2.46. The standard InChI is InChI=1S/C15H20FNO2/c1-19-14(18)15(10-4-2-3-5-11-15)17-13-8-6-12(16)7-9-13/h6-9,17H,2-5,10-11H2,1H3. The predicted octanol–water partition coefficient (Wildman–Crippen LogP) is 3.50. The SMILES string of the molecule is COC(=O)C1(Nc2ccc(F)cc2)CCCCCC1. The minimum Gasteiger partial charge on any atom is -0.467 e. The van der Waals surface area contributed by atoms with Crippen LogP contribution in [0.3, 0.4) is 0 Å². The summed E-state index contributed by atoms with van der Waals surface area (Å²) in [5.74, 6) is -0.503. The van der Waals surface area contributed by atoms with Crippen LogP contribution in [0.25, 0.3) is 0 Å². The smallest absolute Gasteiger partial charge is 0.331 e. The fraction of sp³-hybridized carbons (Fsp3) is 0.533. The highest BCUT2D eigenvalue weighted by atomic mass is 19.1. The summed E-state index contributed by atoms with van der Waals surface area (Å²) in [6.45, 7) is 0. The minimum atomic E-state index is -0.664. The summed E-state index contributed by atoms with van der Waals surface area (Å²) in [6, 6.07) is 6.10. The van der Waals surface area contributed by atoms with Gasteiger partial charge in [0.25, 0.3) is 0 Å². The molecule has 0 aliphatic heterocycles. The number of rotatable bonds is 3. The molecule has 0 saturated heterocycles. The van der Waals surface area contributed by atoms with Crippen LogP contribution in [0.15, 0.2) is 24.3 Å². The Kier molecular flexibility index (Phi) is 4.40. The largest absolute Gasteiger partial charge is 0.467 e. The molecule has 4 heteroatoms. The summed E-state index contributed by atoms with van der Waals surface area (Å²) in [4.78, 5) is 12.2. The van der Waals surface area contributed by atoms with Crippen molar-refractivity contribution in [2.45, 2.75) is 44.1 Å². The molecular weight excluding hydrogens is 245 g/mol. The summed E-state index contributed by atoms with van der Waals surface area (Å²) in [5.41, 5.74) is 0.0944. The van der Waals surface area contributed by atoms with Gasteiger partial charge in [0.05, 0.1) is 7.11 Å². The number of anilines is 1. The summed E-state index contributed by atoms with van der Waals surface area (Å²) in [5, 5.41) is 3.27. The van der Waals surface area contributed by atoms with Gasteiger partial charge < -0.3 is 10.1 Å². The van der Waals surface area contributed by atoms with Crippen LogP contribution in [0.2, 0.25) is 0 Å². The van der Waals surface area contributed by atoms with Crippen molar-refractivity contribution in [2.75, 3.05) is 12.4 Å². The number of carbonyl (C=O) groups is 1. The molecule has 0 spiro atoms. The van der Waals surface area contributed by atoms with Crippen molar-refractivity contribution in [1.82, 2.24) is 0 Å². The van der Waals surface area contributed by atoms with Crippen molar-refractivity contribution in [3.63, 3.8) is 0 Å². The molecule has 1 saturated carbocycles. The van der Waals surface area contributed by atoms with E-state index in [1.165, 1.54) is 19.2 Å². The highest BCUT2D eigenvalue weighted by Gasteiger charge is 2.39. The van der Waals surface area contributed by atoms with Gasteiger partial charge >= 0.3 is 5.97 Å². The van der Waals surface area contributed by atoms with Crippen molar-refractivity contribution in [3.05, 3.63) is 30.1 Å². The number of carbonyl (C=O) groups excluding carboxylic acids is 1. The molecule has 1 fully saturated rings. The lowest BCUT2D eigenvalue weighted by atomic mass is 9.89. The van der Waals surface area contributed by atoms with Gasteiger partial charge in [0.2, 0.25) is 0 Å². The highest BCUT2D eigenvalue weighted by molar-refractivity contribution is 5.84. The molecule has 0 aromatic heterocycles. The van der Waals surface area contributed by atoms with Crippen LogP contribution in [-0.4, -0.2) is 18.6 Å². The van der Waals surface area contributed by atoms with Gasteiger partial charge in [0.1, 0.15) is 11.4 Å². The molecule has 19 heavy (non-hydrogen) atoms. The third kappa shape index (κ3) is 3.25. The number of esters is 1. The van der Waals surface area contributed by atoms with Gasteiger partial charge in [-0.25, -0.2) is 9.18 Å². The molecule has 1 aliphatic carbocycles. The average molecular weight is 265 g/mol. The Balaban J connectivity index is 2.21. The maximum Gasteiger partial charge on any atom is 0.331 e. The van der Waals surface area contributed by atoms with E-state index in [4.69, 9.17) is 4.74 Å². The van der Waals surface area contributed by atoms with Gasteiger partial charge in [-0.05, 0) is 37.1 Å². The van der Waals surface area contributed by atoms with Gasteiger partial charge in [0, 0.05) is 5.69 Å². The minimum absolute atomic E-state index is 0.223. The first-order chi connectivity index (χ1) is 9.16. The molecule has 0 bridgehead atoms. The van der Waals surface area contributed by atoms with Crippen molar-refractivity contribution in [3.8, 4) is 0 Å². The summed E-state index contributed by atoms with van der Waals surface area (Å²) < 4.78 is 17.9. The molecule has 2 rings (SSSR count). The topological polar surface area (TPSA) is 38.3 Å². The normalized spacial score (nSPS) is 18.4. The van der Waals surface area contributed by atoms with Gasteiger partial charge in [-0.3, -0.25) is 0 Å². The fourth-order valence-electron chi connectivity index (χ4n) is 2.72. The van der Waals surface area contributed by atoms with E-state index in [1.807, 2.05) is 0 Å². The lowest BCUT2D eigenvalue weighted by Gasteiger charge is -2.32. The van der Waals surface area contributed by atoms with Crippen LogP contribution in [0.5, 0.6) is 0 Å². The fourth-order valence-corrected chi connectivity index (χ4v) is 2.72. The van der Waals surface area contributed by atoms with Crippen LogP contribution in [0, 0.1) is 5.82 Å². The van der Waals surface area contributed by atoms with E-state index in [2.05, 4.69) is 5.32 Å². The van der Waals surface area contributed by atoms with E-state index < -0.39 is 5.54 Å². The number of hydrogen-bond donors (Lipinski definition) is 1. The van der Waals surface area contributed by atoms with Crippen LogP contribution < -0.4 is 5.32 Å². The molecule has 1 aromatic rings. The number of nitrogens with one attached hydrogen (secondary N) is 1. The second-order valence-corrected chi connectivity index (χ2v) is 5.12. The Morgan fingerprint density at radius 1 is 1.16 bits per heavy atom. The van der Waals surface area contributed by atoms with E-state index in [0.717, 1.165) is 44.2 Å². The van der Waals surface area contributed by atoms with E-state index in [9.17, 15) is 9.18 Å². The maximum atomic E-state index is 12.9. The zero-order chi connectivity index (χ0) is 13.7. The molecule has 0 atom stereocenters. The monoisotopic (exact) mass is 265 g/mol. The van der Waals surface area contributed by atoms with Gasteiger partial charge in [0.15, 0.2) is 0 Å². The van der Waals surface area contributed by atoms with E-state index in [0.29, 0.717) is 0 Å². The van der Waals surface area contributed by atoms with Crippen LogP contribution in [0.4, 0.5) is 10.1 Å². The first-order valence-corrected chi connectivity index (χ1v) is 6.78. The number of ether oxygens (including phenoxy) is 1. The molecule has 0 amide bonds. The molecule has 1 aliphatic rings. The van der Waals surface area contributed by atoms with Crippen molar-refractivity contribution >= 4 is 11.7 Å². The third-order valence-electron chi connectivity index (χ3n) is 3.76. The van der Waals surface area contributed by atoms with E-state index in [1.54, 1.807) is 12.1 Å². The number of benzene rings is 1. The Morgan fingerprint density at radius 2 is 1.74 bits per heavy atom. The quantitative estimate of drug-likeness (QED) is 0.671. The van der Waals surface area contributed by atoms with E-state index >= 15 is 0 Å². The van der Waals surface area contributed by atoms with Crippen molar-refractivity contribution in [2.24, 2.45) is 0 Å².